The van der Waals surface area contributed by atoms with Crippen molar-refractivity contribution in [2.45, 2.75) is 37.4 Å². The van der Waals surface area contributed by atoms with Gasteiger partial charge in [-0.25, -0.2) is 0 Å². The van der Waals surface area contributed by atoms with Crippen molar-refractivity contribution in [3.8, 4) is 0 Å². The van der Waals surface area contributed by atoms with E-state index in [1.807, 2.05) is 12.1 Å². The van der Waals surface area contributed by atoms with E-state index in [9.17, 15) is 9.59 Å². The second-order valence-electron chi connectivity index (χ2n) is 6.76. The van der Waals surface area contributed by atoms with Gasteiger partial charge < -0.3 is 14.4 Å². The second-order valence-corrected chi connectivity index (χ2v) is 6.76. The molecule has 6 nitrogen and oxygen atoms in total. The number of hydrogen-bond acceptors (Lipinski definition) is 5. The lowest BCUT2D eigenvalue weighted by atomic mass is 9.89. The standard InChI is InChI=1S/C18H22N2O4/c21-16-11-14(12-17(22)19-16)13-1-3-15(4-2-13)20-7-5-18(6-8-20)23-9-10-24-18/h1-4,14H,5-12H2,(H,19,21,22). The minimum absolute atomic E-state index is 0.00906. The molecule has 6 heteroatoms. The van der Waals surface area contributed by atoms with E-state index in [2.05, 4.69) is 22.3 Å². The summed E-state index contributed by atoms with van der Waals surface area (Å²) in [6.07, 6.45) is 2.52. The van der Waals surface area contributed by atoms with Crippen molar-refractivity contribution in [2.75, 3.05) is 31.2 Å². The zero-order chi connectivity index (χ0) is 16.6. The van der Waals surface area contributed by atoms with Crippen molar-refractivity contribution in [3.05, 3.63) is 29.8 Å². The van der Waals surface area contributed by atoms with Crippen molar-refractivity contribution in [1.29, 1.82) is 0 Å². The lowest BCUT2D eigenvalue weighted by Gasteiger charge is -2.38. The third kappa shape index (κ3) is 3.03. The fourth-order valence-electron chi connectivity index (χ4n) is 3.86. The molecule has 1 aromatic carbocycles. The highest BCUT2D eigenvalue weighted by Gasteiger charge is 2.39. The van der Waals surface area contributed by atoms with Gasteiger partial charge in [-0.15, -0.1) is 0 Å². The van der Waals surface area contributed by atoms with Crippen molar-refractivity contribution >= 4 is 17.5 Å². The van der Waals surface area contributed by atoms with Crippen LogP contribution in [0.15, 0.2) is 24.3 Å². The Morgan fingerprint density at radius 2 is 1.54 bits per heavy atom. The summed E-state index contributed by atoms with van der Waals surface area (Å²) in [5.41, 5.74) is 2.22. The van der Waals surface area contributed by atoms with E-state index in [0.717, 1.165) is 37.2 Å². The first-order chi connectivity index (χ1) is 11.6. The SMILES string of the molecule is O=C1CC(c2ccc(N3CCC4(CC3)OCCO4)cc2)CC(=O)N1. The molecule has 0 radical (unpaired) electrons. The van der Waals surface area contributed by atoms with E-state index in [0.29, 0.717) is 26.1 Å². The molecule has 0 atom stereocenters. The van der Waals surface area contributed by atoms with E-state index < -0.39 is 0 Å². The van der Waals surface area contributed by atoms with Crippen LogP contribution in [0.25, 0.3) is 0 Å². The summed E-state index contributed by atoms with van der Waals surface area (Å²) in [6, 6.07) is 8.25. The average molecular weight is 330 g/mol. The Morgan fingerprint density at radius 3 is 2.12 bits per heavy atom. The molecule has 128 valence electrons. The Labute approximate surface area is 141 Å². The molecule has 3 heterocycles. The fraction of sp³-hybridized carbons (Fsp3) is 0.556. The number of rotatable bonds is 2. The van der Waals surface area contributed by atoms with Crippen LogP contribution >= 0.6 is 0 Å². The van der Waals surface area contributed by atoms with Gasteiger partial charge in [-0.2, -0.15) is 0 Å². The maximum Gasteiger partial charge on any atom is 0.227 e. The lowest BCUT2D eigenvalue weighted by Crippen LogP contribution is -2.45. The maximum atomic E-state index is 11.5. The summed E-state index contributed by atoms with van der Waals surface area (Å²) in [5.74, 6) is -0.728. The number of amides is 2. The predicted molar refractivity (Wildman–Crippen MR) is 87.6 cm³/mol. The van der Waals surface area contributed by atoms with Crippen molar-refractivity contribution in [2.24, 2.45) is 0 Å². The van der Waals surface area contributed by atoms with Gasteiger partial charge in [0, 0.05) is 50.4 Å². The normalized spacial score (nSPS) is 24.4. The van der Waals surface area contributed by atoms with Crippen molar-refractivity contribution < 1.29 is 19.1 Å². The average Bonchev–Trinajstić information content (AvgIpc) is 3.03. The highest BCUT2D eigenvalue weighted by molar-refractivity contribution is 5.98. The van der Waals surface area contributed by atoms with Crippen LogP contribution in [0.1, 0.15) is 37.2 Å². The van der Waals surface area contributed by atoms with Crippen LogP contribution in [-0.2, 0) is 19.1 Å². The fourth-order valence-corrected chi connectivity index (χ4v) is 3.86. The number of ether oxygens (including phenoxy) is 2. The molecule has 24 heavy (non-hydrogen) atoms. The molecule has 0 aliphatic carbocycles. The number of benzene rings is 1. The Balaban J connectivity index is 1.41. The quantitative estimate of drug-likeness (QED) is 0.834. The van der Waals surface area contributed by atoms with Gasteiger partial charge in [0.25, 0.3) is 0 Å². The molecule has 3 aliphatic heterocycles. The van der Waals surface area contributed by atoms with Crippen molar-refractivity contribution in [3.63, 3.8) is 0 Å². The number of hydrogen-bond donors (Lipinski definition) is 1. The molecule has 4 rings (SSSR count). The molecule has 0 saturated carbocycles. The predicted octanol–water partition coefficient (Wildman–Crippen LogP) is 1.55. The first kappa shape index (κ1) is 15.6. The highest BCUT2D eigenvalue weighted by atomic mass is 16.7. The van der Waals surface area contributed by atoms with E-state index in [-0.39, 0.29) is 23.5 Å². The van der Waals surface area contributed by atoms with Crippen LogP contribution < -0.4 is 10.2 Å². The first-order valence-corrected chi connectivity index (χ1v) is 8.59. The zero-order valence-electron chi connectivity index (χ0n) is 13.6. The van der Waals surface area contributed by atoms with Crippen LogP contribution in [0.2, 0.25) is 0 Å². The number of anilines is 1. The maximum absolute atomic E-state index is 11.5. The first-order valence-electron chi connectivity index (χ1n) is 8.59. The summed E-state index contributed by atoms with van der Waals surface area (Å²) in [4.78, 5) is 25.4. The molecule has 0 unspecified atom stereocenters. The monoisotopic (exact) mass is 330 g/mol. The smallest absolute Gasteiger partial charge is 0.227 e. The van der Waals surface area contributed by atoms with Crippen LogP contribution in [0.3, 0.4) is 0 Å². The van der Waals surface area contributed by atoms with Crippen molar-refractivity contribution in [1.82, 2.24) is 5.32 Å². The van der Waals surface area contributed by atoms with Gasteiger partial charge in [-0.05, 0) is 17.7 Å². The number of imide groups is 1. The van der Waals surface area contributed by atoms with E-state index in [1.54, 1.807) is 0 Å². The van der Waals surface area contributed by atoms with Crippen LogP contribution in [0.4, 0.5) is 5.69 Å². The molecule has 3 fully saturated rings. The van der Waals surface area contributed by atoms with Gasteiger partial charge in [0.2, 0.25) is 11.8 Å². The van der Waals surface area contributed by atoms with Gasteiger partial charge in [-0.1, -0.05) is 12.1 Å². The second kappa shape index (κ2) is 6.18. The van der Waals surface area contributed by atoms with E-state index in [1.165, 1.54) is 0 Å². The summed E-state index contributed by atoms with van der Waals surface area (Å²) >= 11 is 0. The minimum atomic E-state index is -0.355. The largest absolute Gasteiger partial charge is 0.371 e. The minimum Gasteiger partial charge on any atom is -0.371 e. The van der Waals surface area contributed by atoms with E-state index >= 15 is 0 Å². The molecule has 1 N–H and O–H groups in total. The summed E-state index contributed by atoms with van der Waals surface area (Å²) in [6.45, 7) is 3.21. The Hall–Kier alpha value is -1.92. The molecular formula is C18H22N2O4. The highest BCUT2D eigenvalue weighted by Crippen LogP contribution is 2.34. The third-order valence-electron chi connectivity index (χ3n) is 5.21. The molecule has 1 aromatic rings. The molecule has 3 aliphatic rings. The number of nitrogens with zero attached hydrogens (tertiary/aromatic N) is 1. The van der Waals surface area contributed by atoms with Crippen LogP contribution in [0, 0.1) is 0 Å². The molecule has 3 saturated heterocycles. The Morgan fingerprint density at radius 1 is 0.958 bits per heavy atom. The van der Waals surface area contributed by atoms with Gasteiger partial charge in [0.05, 0.1) is 13.2 Å². The molecular weight excluding hydrogens is 308 g/mol. The number of carbonyl (C=O) groups is 2. The molecule has 2 amide bonds. The van der Waals surface area contributed by atoms with Gasteiger partial charge >= 0.3 is 0 Å². The summed E-state index contributed by atoms with van der Waals surface area (Å²) < 4.78 is 11.5. The Kier molecular flexibility index (Phi) is 4.02. The number of carbonyl (C=O) groups excluding carboxylic acids is 2. The van der Waals surface area contributed by atoms with Crippen LogP contribution in [0.5, 0.6) is 0 Å². The zero-order valence-corrected chi connectivity index (χ0v) is 13.6. The van der Waals surface area contributed by atoms with E-state index in [4.69, 9.17) is 9.47 Å². The summed E-state index contributed by atoms with van der Waals surface area (Å²) in [5, 5.41) is 2.36. The van der Waals surface area contributed by atoms with Crippen LogP contribution in [-0.4, -0.2) is 43.9 Å². The van der Waals surface area contributed by atoms with Gasteiger partial charge in [0.15, 0.2) is 5.79 Å². The topological polar surface area (TPSA) is 67.9 Å². The molecule has 1 spiro atoms. The lowest BCUT2D eigenvalue weighted by molar-refractivity contribution is -0.169. The number of nitrogens with one attached hydrogen (secondary N) is 1. The summed E-state index contributed by atoms with van der Waals surface area (Å²) in [7, 11) is 0. The third-order valence-corrected chi connectivity index (χ3v) is 5.21. The van der Waals surface area contributed by atoms with Gasteiger partial charge in [-0.3, -0.25) is 14.9 Å². The van der Waals surface area contributed by atoms with Gasteiger partial charge in [0.1, 0.15) is 0 Å². The molecule has 0 bridgehead atoms. The number of piperidine rings is 2. The Bertz CT molecular complexity index is 611. The molecule has 0 aromatic heterocycles.